The minimum Gasteiger partial charge on any atom is -0.350 e. The number of hydrogen-bond donors (Lipinski definition) is 1. The van der Waals surface area contributed by atoms with E-state index in [2.05, 4.69) is 5.32 Å². The van der Waals surface area contributed by atoms with E-state index in [4.69, 9.17) is 22.3 Å². The van der Waals surface area contributed by atoms with Gasteiger partial charge < -0.3 is 5.32 Å². The quantitative estimate of drug-likeness (QED) is 0.776. The zero-order valence-corrected chi connectivity index (χ0v) is 14.6. The number of halogens is 2. The standard InChI is InChI=1S/C12H15Cl2NO4S2/c1-8(3-4-20(2)17)15-12(16)9-5-10(13)7-11(6-9)21(14,18)19/h5-8H,3-4H2,1-2H3,(H,15,16). The Labute approximate surface area is 135 Å². The van der Waals surface area contributed by atoms with E-state index in [0.29, 0.717) is 12.2 Å². The topological polar surface area (TPSA) is 80.3 Å². The van der Waals surface area contributed by atoms with Gasteiger partial charge in [0.2, 0.25) is 0 Å². The van der Waals surface area contributed by atoms with E-state index in [-0.39, 0.29) is 21.5 Å². The molecule has 1 aromatic carbocycles. The zero-order chi connectivity index (χ0) is 16.2. The first-order valence-electron chi connectivity index (χ1n) is 5.95. The zero-order valence-electron chi connectivity index (χ0n) is 11.4. The highest BCUT2D eigenvalue weighted by Crippen LogP contribution is 2.22. The molecule has 0 saturated heterocycles. The van der Waals surface area contributed by atoms with Gasteiger partial charge >= 0.3 is 0 Å². The highest BCUT2D eigenvalue weighted by molar-refractivity contribution is 8.13. The summed E-state index contributed by atoms with van der Waals surface area (Å²) in [6.45, 7) is 1.77. The first-order chi connectivity index (χ1) is 9.59. The Morgan fingerprint density at radius 1 is 1.38 bits per heavy atom. The molecular weight excluding hydrogens is 357 g/mol. The van der Waals surface area contributed by atoms with Crippen LogP contribution in [0.2, 0.25) is 5.02 Å². The van der Waals surface area contributed by atoms with Crippen LogP contribution >= 0.6 is 22.3 Å². The van der Waals surface area contributed by atoms with Gasteiger partial charge in [0.15, 0.2) is 0 Å². The molecular formula is C12H15Cl2NO4S2. The van der Waals surface area contributed by atoms with Crippen LogP contribution in [0.25, 0.3) is 0 Å². The third-order valence-corrected chi connectivity index (χ3v) is 4.99. The van der Waals surface area contributed by atoms with Crippen molar-refractivity contribution in [2.45, 2.75) is 24.3 Å². The van der Waals surface area contributed by atoms with Gasteiger partial charge in [0.05, 0.1) is 4.90 Å². The molecule has 0 fully saturated rings. The fraction of sp³-hybridized carbons (Fsp3) is 0.417. The van der Waals surface area contributed by atoms with Crippen LogP contribution in [-0.2, 0) is 19.9 Å². The second-order valence-electron chi connectivity index (χ2n) is 4.55. The van der Waals surface area contributed by atoms with Crippen molar-refractivity contribution in [2.75, 3.05) is 12.0 Å². The molecule has 118 valence electrons. The molecule has 0 aliphatic heterocycles. The Morgan fingerprint density at radius 3 is 2.52 bits per heavy atom. The van der Waals surface area contributed by atoms with E-state index < -0.39 is 25.8 Å². The van der Waals surface area contributed by atoms with Crippen LogP contribution < -0.4 is 5.32 Å². The molecule has 0 aromatic heterocycles. The minimum atomic E-state index is -3.96. The molecule has 0 bridgehead atoms. The lowest BCUT2D eigenvalue weighted by Gasteiger charge is -2.13. The van der Waals surface area contributed by atoms with Crippen molar-refractivity contribution in [3.63, 3.8) is 0 Å². The molecule has 2 atom stereocenters. The van der Waals surface area contributed by atoms with Crippen LogP contribution in [0, 0.1) is 0 Å². The van der Waals surface area contributed by atoms with Crippen molar-refractivity contribution in [3.05, 3.63) is 28.8 Å². The Morgan fingerprint density at radius 2 is 2.00 bits per heavy atom. The van der Waals surface area contributed by atoms with Crippen LogP contribution in [0.1, 0.15) is 23.7 Å². The van der Waals surface area contributed by atoms with Gasteiger partial charge in [0, 0.05) is 50.1 Å². The van der Waals surface area contributed by atoms with Crippen LogP contribution in [0.15, 0.2) is 23.1 Å². The smallest absolute Gasteiger partial charge is 0.261 e. The van der Waals surface area contributed by atoms with Gasteiger partial charge in [-0.05, 0) is 31.5 Å². The second kappa shape index (κ2) is 7.58. The fourth-order valence-electron chi connectivity index (χ4n) is 1.56. The van der Waals surface area contributed by atoms with Crippen LogP contribution in [-0.4, -0.2) is 36.6 Å². The lowest BCUT2D eigenvalue weighted by Crippen LogP contribution is -2.33. The number of rotatable bonds is 6. The van der Waals surface area contributed by atoms with Gasteiger partial charge in [0.25, 0.3) is 15.0 Å². The monoisotopic (exact) mass is 371 g/mol. The van der Waals surface area contributed by atoms with Gasteiger partial charge in [0.1, 0.15) is 0 Å². The molecule has 1 aromatic rings. The third kappa shape index (κ3) is 6.34. The number of nitrogens with one attached hydrogen (secondary N) is 1. The van der Waals surface area contributed by atoms with E-state index in [1.54, 1.807) is 13.2 Å². The van der Waals surface area contributed by atoms with Gasteiger partial charge in [-0.25, -0.2) is 8.42 Å². The van der Waals surface area contributed by atoms with Crippen molar-refractivity contribution in [3.8, 4) is 0 Å². The molecule has 9 heteroatoms. The average Bonchev–Trinajstić information content (AvgIpc) is 2.34. The molecule has 1 N–H and O–H groups in total. The normalized spacial score (nSPS) is 14.5. The highest BCUT2D eigenvalue weighted by Gasteiger charge is 2.16. The molecule has 0 aliphatic carbocycles. The summed E-state index contributed by atoms with van der Waals surface area (Å²) in [6, 6.07) is 3.49. The van der Waals surface area contributed by atoms with Crippen LogP contribution in [0.4, 0.5) is 0 Å². The number of carbonyl (C=O) groups excluding carboxylic acids is 1. The summed E-state index contributed by atoms with van der Waals surface area (Å²) in [5.41, 5.74) is 0.103. The van der Waals surface area contributed by atoms with Crippen molar-refractivity contribution in [1.82, 2.24) is 5.32 Å². The number of hydrogen-bond acceptors (Lipinski definition) is 4. The lowest BCUT2D eigenvalue weighted by molar-refractivity contribution is 0.0939. The SMILES string of the molecule is CC(CCS(C)=O)NC(=O)c1cc(Cl)cc(S(=O)(=O)Cl)c1. The van der Waals surface area contributed by atoms with E-state index in [1.807, 2.05) is 0 Å². The van der Waals surface area contributed by atoms with Gasteiger partial charge in [-0.15, -0.1) is 0 Å². The average molecular weight is 372 g/mol. The van der Waals surface area contributed by atoms with Crippen LogP contribution in [0.3, 0.4) is 0 Å². The van der Waals surface area contributed by atoms with Gasteiger partial charge in [-0.2, -0.15) is 0 Å². The van der Waals surface area contributed by atoms with Crippen molar-refractivity contribution < 1.29 is 17.4 Å². The maximum Gasteiger partial charge on any atom is 0.261 e. The van der Waals surface area contributed by atoms with E-state index in [9.17, 15) is 17.4 Å². The van der Waals surface area contributed by atoms with Crippen molar-refractivity contribution >= 4 is 48.0 Å². The van der Waals surface area contributed by atoms with Gasteiger partial charge in [-0.1, -0.05) is 11.6 Å². The molecule has 0 radical (unpaired) electrons. The lowest BCUT2D eigenvalue weighted by atomic mass is 10.2. The molecule has 1 rings (SSSR count). The summed E-state index contributed by atoms with van der Waals surface area (Å²) in [5, 5.41) is 2.79. The van der Waals surface area contributed by atoms with E-state index in [1.165, 1.54) is 12.1 Å². The Balaban J connectivity index is 2.88. The molecule has 0 spiro atoms. The molecule has 0 heterocycles. The van der Waals surface area contributed by atoms with E-state index >= 15 is 0 Å². The summed E-state index contributed by atoms with van der Waals surface area (Å²) < 4.78 is 33.6. The predicted octanol–water partition coefficient (Wildman–Crippen LogP) is 2.15. The Hall–Kier alpha value is -0.630. The maximum atomic E-state index is 12.0. The summed E-state index contributed by atoms with van der Waals surface area (Å²) in [4.78, 5) is 11.8. The molecule has 1 amide bonds. The number of carbonyl (C=O) groups is 1. The fourth-order valence-corrected chi connectivity index (χ4v) is 3.34. The number of amides is 1. The third-order valence-electron chi connectivity index (χ3n) is 2.63. The molecule has 0 aliphatic rings. The van der Waals surface area contributed by atoms with Crippen LogP contribution in [0.5, 0.6) is 0 Å². The maximum absolute atomic E-state index is 12.0. The molecule has 0 saturated carbocycles. The second-order valence-corrected chi connectivity index (χ2v) is 9.11. The summed E-state index contributed by atoms with van der Waals surface area (Å²) in [5.74, 6) is 0.00614. The predicted molar refractivity (Wildman–Crippen MR) is 85.0 cm³/mol. The minimum absolute atomic E-state index is 0.101. The first kappa shape index (κ1) is 18.4. The Bertz CT molecular complexity index is 661. The van der Waals surface area contributed by atoms with Crippen molar-refractivity contribution in [2.24, 2.45) is 0 Å². The Kier molecular flexibility index (Phi) is 6.65. The number of benzene rings is 1. The highest BCUT2D eigenvalue weighted by atomic mass is 35.7. The molecule has 2 unspecified atom stereocenters. The van der Waals surface area contributed by atoms with Gasteiger partial charge in [-0.3, -0.25) is 9.00 Å². The van der Waals surface area contributed by atoms with Crippen molar-refractivity contribution in [1.29, 1.82) is 0 Å². The van der Waals surface area contributed by atoms with E-state index in [0.717, 1.165) is 6.07 Å². The molecule has 21 heavy (non-hydrogen) atoms. The molecule has 5 nitrogen and oxygen atoms in total. The first-order valence-corrected chi connectivity index (χ1v) is 10.4. The largest absolute Gasteiger partial charge is 0.350 e. The summed E-state index contributed by atoms with van der Waals surface area (Å²) >= 11 is 5.80. The summed E-state index contributed by atoms with van der Waals surface area (Å²) in [7, 11) is 0.348. The summed E-state index contributed by atoms with van der Waals surface area (Å²) in [6.07, 6.45) is 2.14.